The molecular weight excluding hydrogens is 249 g/mol. The van der Waals surface area contributed by atoms with Crippen LogP contribution in [0.2, 0.25) is 0 Å². The number of hydrogen-bond acceptors (Lipinski definition) is 1. The van der Waals surface area contributed by atoms with Crippen LogP contribution in [-0.2, 0) is 6.42 Å². The number of hydrogen-bond donors (Lipinski definition) is 2. The van der Waals surface area contributed by atoms with Gasteiger partial charge in [-0.3, -0.25) is 0 Å². The molecule has 1 aromatic carbocycles. The molecule has 14 heavy (non-hydrogen) atoms. The highest BCUT2D eigenvalue weighted by atomic mass is 79.9. The minimum atomic E-state index is -0.275. The molecule has 1 aromatic heterocycles. The molecule has 2 N–H and O–H groups in total. The maximum absolute atomic E-state index is 13.1. The number of nitrogens with one attached hydrogen (secondary N) is 1. The van der Waals surface area contributed by atoms with Crippen LogP contribution in [0.5, 0.6) is 0 Å². The van der Waals surface area contributed by atoms with E-state index in [2.05, 4.69) is 20.9 Å². The number of benzene rings is 1. The van der Waals surface area contributed by atoms with E-state index >= 15 is 0 Å². The van der Waals surface area contributed by atoms with Crippen molar-refractivity contribution in [3.8, 4) is 0 Å². The van der Waals surface area contributed by atoms with Gasteiger partial charge >= 0.3 is 0 Å². The third-order valence-corrected chi connectivity index (χ3v) is 2.80. The molecule has 2 nitrogen and oxygen atoms in total. The van der Waals surface area contributed by atoms with Crippen LogP contribution in [0.1, 0.15) is 5.56 Å². The second-order valence-corrected chi connectivity index (χ2v) is 3.95. The van der Waals surface area contributed by atoms with Crippen molar-refractivity contribution in [2.24, 2.45) is 0 Å². The molecule has 0 unspecified atom stereocenters. The molecule has 0 saturated heterocycles. The van der Waals surface area contributed by atoms with Gasteiger partial charge in [-0.05, 0) is 40.0 Å². The van der Waals surface area contributed by atoms with Gasteiger partial charge in [-0.15, -0.1) is 0 Å². The lowest BCUT2D eigenvalue weighted by atomic mass is 10.1. The SMILES string of the molecule is OCCc1c[nH]c2c(Br)cc(F)cc12. The van der Waals surface area contributed by atoms with Gasteiger partial charge in [0.2, 0.25) is 0 Å². The van der Waals surface area contributed by atoms with Crippen LogP contribution in [0.15, 0.2) is 22.8 Å². The Bertz CT molecular complexity index is 466. The van der Waals surface area contributed by atoms with Gasteiger partial charge in [0.25, 0.3) is 0 Å². The lowest BCUT2D eigenvalue weighted by Crippen LogP contribution is -1.88. The van der Waals surface area contributed by atoms with Crippen LogP contribution in [0.25, 0.3) is 10.9 Å². The second-order valence-electron chi connectivity index (χ2n) is 3.10. The Morgan fingerprint density at radius 2 is 2.21 bits per heavy atom. The molecule has 0 amide bonds. The largest absolute Gasteiger partial charge is 0.396 e. The van der Waals surface area contributed by atoms with E-state index in [1.807, 2.05) is 0 Å². The minimum Gasteiger partial charge on any atom is -0.396 e. The molecule has 0 aliphatic carbocycles. The molecule has 74 valence electrons. The quantitative estimate of drug-likeness (QED) is 0.853. The summed E-state index contributed by atoms with van der Waals surface area (Å²) in [5, 5.41) is 9.64. The lowest BCUT2D eigenvalue weighted by Gasteiger charge is -1.98. The summed E-state index contributed by atoms with van der Waals surface area (Å²) >= 11 is 3.28. The third-order valence-electron chi connectivity index (χ3n) is 2.17. The van der Waals surface area contributed by atoms with Crippen molar-refractivity contribution in [3.05, 3.63) is 34.2 Å². The molecule has 1 heterocycles. The molecule has 0 radical (unpaired) electrons. The van der Waals surface area contributed by atoms with Crippen LogP contribution in [0.3, 0.4) is 0 Å². The summed E-state index contributed by atoms with van der Waals surface area (Å²) in [6.45, 7) is 0.0705. The van der Waals surface area contributed by atoms with Crippen molar-refractivity contribution >= 4 is 26.8 Å². The van der Waals surface area contributed by atoms with Gasteiger partial charge < -0.3 is 10.1 Å². The molecule has 0 aliphatic rings. The first-order valence-electron chi connectivity index (χ1n) is 4.28. The topological polar surface area (TPSA) is 36.0 Å². The summed E-state index contributed by atoms with van der Waals surface area (Å²) in [6.07, 6.45) is 2.33. The van der Waals surface area contributed by atoms with E-state index in [1.165, 1.54) is 12.1 Å². The Morgan fingerprint density at radius 1 is 1.43 bits per heavy atom. The average molecular weight is 258 g/mol. The average Bonchev–Trinajstić information content (AvgIpc) is 2.49. The van der Waals surface area contributed by atoms with Gasteiger partial charge in [-0.1, -0.05) is 0 Å². The molecular formula is C10H9BrFNO. The fourth-order valence-corrected chi connectivity index (χ4v) is 2.08. The van der Waals surface area contributed by atoms with E-state index in [4.69, 9.17) is 5.11 Å². The molecule has 0 atom stereocenters. The number of fused-ring (bicyclic) bond motifs is 1. The Labute approximate surface area is 88.9 Å². The molecule has 0 saturated carbocycles. The number of halogens is 2. The molecule has 0 spiro atoms. The second kappa shape index (κ2) is 3.71. The monoisotopic (exact) mass is 257 g/mol. The summed E-state index contributed by atoms with van der Waals surface area (Å²) in [6, 6.07) is 2.89. The van der Waals surface area contributed by atoms with E-state index in [0.29, 0.717) is 10.9 Å². The highest BCUT2D eigenvalue weighted by Crippen LogP contribution is 2.27. The molecule has 0 aliphatic heterocycles. The third kappa shape index (κ3) is 1.55. The maximum atomic E-state index is 13.1. The Balaban J connectivity index is 2.66. The first-order valence-corrected chi connectivity index (χ1v) is 5.07. The van der Waals surface area contributed by atoms with Crippen molar-refractivity contribution in [1.29, 1.82) is 0 Å². The number of rotatable bonds is 2. The predicted molar refractivity (Wildman–Crippen MR) is 56.7 cm³/mol. The zero-order valence-corrected chi connectivity index (χ0v) is 8.94. The van der Waals surface area contributed by atoms with Crippen LogP contribution in [0, 0.1) is 5.82 Å². The highest BCUT2D eigenvalue weighted by molar-refractivity contribution is 9.10. The molecule has 4 heteroatoms. The van der Waals surface area contributed by atoms with E-state index in [9.17, 15) is 4.39 Å². The van der Waals surface area contributed by atoms with E-state index < -0.39 is 0 Å². The van der Waals surface area contributed by atoms with E-state index in [-0.39, 0.29) is 12.4 Å². The standard InChI is InChI=1S/C10H9BrFNO/c11-9-4-7(12)3-8-6(1-2-14)5-13-10(8)9/h3-5,13-14H,1-2H2. The van der Waals surface area contributed by atoms with E-state index in [1.54, 1.807) is 6.20 Å². The fraction of sp³-hybridized carbons (Fsp3) is 0.200. The molecule has 2 rings (SSSR count). The van der Waals surface area contributed by atoms with Gasteiger partial charge in [-0.2, -0.15) is 0 Å². The van der Waals surface area contributed by atoms with Crippen LogP contribution in [-0.4, -0.2) is 16.7 Å². The Morgan fingerprint density at radius 3 is 2.93 bits per heavy atom. The van der Waals surface area contributed by atoms with Crippen LogP contribution < -0.4 is 0 Å². The smallest absolute Gasteiger partial charge is 0.125 e. The minimum absolute atomic E-state index is 0.0705. The predicted octanol–water partition coefficient (Wildman–Crippen LogP) is 2.60. The normalized spacial score (nSPS) is 11.1. The van der Waals surface area contributed by atoms with Gasteiger partial charge in [-0.25, -0.2) is 4.39 Å². The van der Waals surface area contributed by atoms with E-state index in [0.717, 1.165) is 16.5 Å². The number of H-pyrrole nitrogens is 1. The summed E-state index contributed by atoms with van der Waals surface area (Å²) in [7, 11) is 0. The number of aliphatic hydroxyl groups is 1. The van der Waals surface area contributed by atoms with Crippen molar-refractivity contribution < 1.29 is 9.50 Å². The summed E-state index contributed by atoms with van der Waals surface area (Å²) in [5.41, 5.74) is 1.80. The summed E-state index contributed by atoms with van der Waals surface area (Å²) in [5.74, 6) is -0.275. The first kappa shape index (κ1) is 9.68. The lowest BCUT2D eigenvalue weighted by molar-refractivity contribution is 0.300. The summed E-state index contributed by atoms with van der Waals surface area (Å²) in [4.78, 5) is 3.04. The van der Waals surface area contributed by atoms with Gasteiger partial charge in [0.15, 0.2) is 0 Å². The first-order chi connectivity index (χ1) is 6.72. The highest BCUT2D eigenvalue weighted by Gasteiger charge is 2.07. The number of aromatic amines is 1. The van der Waals surface area contributed by atoms with Crippen molar-refractivity contribution in [2.75, 3.05) is 6.61 Å². The fourth-order valence-electron chi connectivity index (χ4n) is 1.54. The zero-order chi connectivity index (χ0) is 10.1. The maximum Gasteiger partial charge on any atom is 0.125 e. The van der Waals surface area contributed by atoms with Gasteiger partial charge in [0.05, 0.1) is 5.52 Å². The Hall–Kier alpha value is -0.870. The van der Waals surface area contributed by atoms with Crippen LogP contribution in [0.4, 0.5) is 4.39 Å². The van der Waals surface area contributed by atoms with Gasteiger partial charge in [0, 0.05) is 22.7 Å². The molecule has 0 fully saturated rings. The molecule has 0 bridgehead atoms. The van der Waals surface area contributed by atoms with Crippen molar-refractivity contribution in [3.63, 3.8) is 0 Å². The summed E-state index contributed by atoms with van der Waals surface area (Å²) < 4.78 is 13.8. The Kier molecular flexibility index (Phi) is 2.56. The van der Waals surface area contributed by atoms with Crippen molar-refractivity contribution in [2.45, 2.75) is 6.42 Å². The molecule has 2 aromatic rings. The van der Waals surface area contributed by atoms with Crippen molar-refractivity contribution in [1.82, 2.24) is 4.98 Å². The number of aromatic nitrogens is 1. The number of aliphatic hydroxyl groups excluding tert-OH is 1. The zero-order valence-electron chi connectivity index (χ0n) is 7.35. The van der Waals surface area contributed by atoms with Gasteiger partial charge in [0.1, 0.15) is 5.82 Å². The van der Waals surface area contributed by atoms with Crippen LogP contribution >= 0.6 is 15.9 Å².